The van der Waals surface area contributed by atoms with E-state index in [-0.39, 0.29) is 12.2 Å². The van der Waals surface area contributed by atoms with Crippen molar-refractivity contribution in [3.63, 3.8) is 0 Å². The van der Waals surface area contributed by atoms with E-state index in [9.17, 15) is 4.79 Å². The van der Waals surface area contributed by atoms with E-state index in [0.717, 1.165) is 12.1 Å². The first-order chi connectivity index (χ1) is 8.66. The third kappa shape index (κ3) is 3.18. The third-order valence-electron chi connectivity index (χ3n) is 2.46. The number of hydrogen-bond donors (Lipinski definition) is 1. The summed E-state index contributed by atoms with van der Waals surface area (Å²) in [5.74, 6) is -0.473. The third-order valence-corrected chi connectivity index (χ3v) is 3.46. The maximum Gasteiger partial charge on any atom is 0.338 e. The van der Waals surface area contributed by atoms with Gasteiger partial charge in [0, 0.05) is 11.3 Å². The molecule has 96 valence electrons. The number of nitrogens with zero attached hydrogens (tertiary/aromatic N) is 1. The van der Waals surface area contributed by atoms with Crippen molar-refractivity contribution >= 4 is 17.3 Å². The predicted molar refractivity (Wildman–Crippen MR) is 65.9 cm³/mol. The van der Waals surface area contributed by atoms with Gasteiger partial charge in [-0.3, -0.25) is 0 Å². The molecule has 2 aromatic heterocycles. The molecule has 0 saturated carbocycles. The van der Waals surface area contributed by atoms with Gasteiger partial charge in [-0.1, -0.05) is 0 Å². The average Bonchev–Trinajstić information content (AvgIpc) is 2.94. The highest BCUT2D eigenvalue weighted by Gasteiger charge is 2.08. The number of furan rings is 1. The molecule has 5 nitrogen and oxygen atoms in total. The fraction of sp³-hybridized carbons (Fsp3) is 0.333. The normalized spacial score (nSPS) is 10.7. The number of aromatic nitrogens is 1. The van der Waals surface area contributed by atoms with E-state index in [2.05, 4.69) is 4.98 Å². The van der Waals surface area contributed by atoms with Crippen LogP contribution in [0.3, 0.4) is 0 Å². The van der Waals surface area contributed by atoms with Gasteiger partial charge in [-0.2, -0.15) is 0 Å². The molecule has 0 aromatic carbocycles. The van der Waals surface area contributed by atoms with Gasteiger partial charge in [-0.25, -0.2) is 9.78 Å². The van der Waals surface area contributed by atoms with Gasteiger partial charge < -0.3 is 14.3 Å². The molecule has 2 aromatic rings. The molecule has 0 amide bonds. The minimum absolute atomic E-state index is 0.145. The number of rotatable bonds is 6. The Labute approximate surface area is 108 Å². The summed E-state index contributed by atoms with van der Waals surface area (Å²) < 4.78 is 10.5. The van der Waals surface area contributed by atoms with Crippen LogP contribution in [0.15, 0.2) is 22.3 Å². The van der Waals surface area contributed by atoms with Crippen molar-refractivity contribution in [3.8, 4) is 0 Å². The quantitative estimate of drug-likeness (QED) is 0.814. The van der Waals surface area contributed by atoms with Gasteiger partial charge in [0.05, 0.1) is 23.4 Å². The minimum atomic E-state index is -0.995. The molecule has 18 heavy (non-hydrogen) atoms. The van der Waals surface area contributed by atoms with E-state index in [0.29, 0.717) is 12.4 Å². The van der Waals surface area contributed by atoms with Crippen molar-refractivity contribution < 1.29 is 19.1 Å². The predicted octanol–water partition coefficient (Wildman–Crippen LogP) is 2.50. The number of carboxylic acids is 1. The lowest BCUT2D eigenvalue weighted by molar-refractivity contribution is 0.0696. The molecule has 0 aliphatic heterocycles. The van der Waals surface area contributed by atoms with Crippen LogP contribution in [-0.4, -0.2) is 22.7 Å². The summed E-state index contributed by atoms with van der Waals surface area (Å²) in [7, 11) is 0. The van der Waals surface area contributed by atoms with Crippen molar-refractivity contribution in [2.24, 2.45) is 0 Å². The van der Waals surface area contributed by atoms with Crippen LogP contribution in [0.5, 0.6) is 0 Å². The number of ether oxygens (including phenoxy) is 1. The molecule has 0 bridgehead atoms. The molecule has 6 heteroatoms. The number of hydrogen-bond acceptors (Lipinski definition) is 5. The second-order valence-corrected chi connectivity index (χ2v) is 4.71. The van der Waals surface area contributed by atoms with E-state index in [1.165, 1.54) is 17.2 Å². The summed E-state index contributed by atoms with van der Waals surface area (Å²) in [5, 5.41) is 8.72. The van der Waals surface area contributed by atoms with E-state index in [1.54, 1.807) is 11.3 Å². The van der Waals surface area contributed by atoms with Crippen LogP contribution in [0, 0.1) is 6.92 Å². The minimum Gasteiger partial charge on any atom is -0.478 e. The molecular formula is C12H13NO4S. The van der Waals surface area contributed by atoms with Gasteiger partial charge in [-0.15, -0.1) is 11.3 Å². The van der Waals surface area contributed by atoms with Crippen LogP contribution in [-0.2, 0) is 17.8 Å². The Morgan fingerprint density at radius 2 is 2.44 bits per heavy atom. The van der Waals surface area contributed by atoms with Gasteiger partial charge >= 0.3 is 5.97 Å². The van der Waals surface area contributed by atoms with Gasteiger partial charge in [0.2, 0.25) is 0 Å². The SMILES string of the molecule is Cc1ncsc1CCOCc1cc(C(=O)O)co1. The highest BCUT2D eigenvalue weighted by molar-refractivity contribution is 7.09. The Bertz CT molecular complexity index is 532. The first-order valence-corrected chi connectivity index (χ1v) is 6.32. The van der Waals surface area contributed by atoms with E-state index in [4.69, 9.17) is 14.3 Å². The van der Waals surface area contributed by atoms with Crippen molar-refractivity contribution in [2.45, 2.75) is 20.0 Å². The fourth-order valence-electron chi connectivity index (χ4n) is 1.47. The summed E-state index contributed by atoms with van der Waals surface area (Å²) in [6.45, 7) is 2.81. The maximum atomic E-state index is 10.6. The van der Waals surface area contributed by atoms with E-state index >= 15 is 0 Å². The van der Waals surface area contributed by atoms with Gasteiger partial charge in [0.1, 0.15) is 18.6 Å². The first-order valence-electron chi connectivity index (χ1n) is 5.44. The van der Waals surface area contributed by atoms with Crippen LogP contribution in [0.1, 0.15) is 26.7 Å². The topological polar surface area (TPSA) is 72.6 Å². The van der Waals surface area contributed by atoms with Crippen molar-refractivity contribution in [1.29, 1.82) is 0 Å². The van der Waals surface area contributed by atoms with E-state index in [1.807, 2.05) is 12.4 Å². The van der Waals surface area contributed by atoms with Crippen LogP contribution < -0.4 is 0 Å². The summed E-state index contributed by atoms with van der Waals surface area (Å²) in [4.78, 5) is 16.0. The Balaban J connectivity index is 1.75. The van der Waals surface area contributed by atoms with Crippen molar-refractivity contribution in [1.82, 2.24) is 4.98 Å². The number of aryl methyl sites for hydroxylation is 1. The number of thiazole rings is 1. The van der Waals surface area contributed by atoms with Crippen LogP contribution in [0.2, 0.25) is 0 Å². The van der Waals surface area contributed by atoms with Gasteiger partial charge in [0.15, 0.2) is 0 Å². The zero-order valence-electron chi connectivity index (χ0n) is 9.88. The molecule has 0 aliphatic carbocycles. The first kappa shape index (κ1) is 12.8. The summed E-state index contributed by atoms with van der Waals surface area (Å²) in [6.07, 6.45) is 2.03. The summed E-state index contributed by atoms with van der Waals surface area (Å²) in [5.41, 5.74) is 3.00. The van der Waals surface area contributed by atoms with Crippen LogP contribution >= 0.6 is 11.3 Å². The summed E-state index contributed by atoms with van der Waals surface area (Å²) >= 11 is 1.61. The van der Waals surface area contributed by atoms with Gasteiger partial charge in [0.25, 0.3) is 0 Å². The molecule has 0 fully saturated rings. The lowest BCUT2D eigenvalue weighted by Crippen LogP contribution is -1.98. The molecular weight excluding hydrogens is 254 g/mol. The average molecular weight is 267 g/mol. The molecule has 2 heterocycles. The number of aromatic carboxylic acids is 1. The molecule has 0 unspecified atom stereocenters. The molecule has 0 aliphatic rings. The lowest BCUT2D eigenvalue weighted by atomic mass is 10.3. The zero-order chi connectivity index (χ0) is 13.0. The second-order valence-electron chi connectivity index (χ2n) is 3.77. The molecule has 0 atom stereocenters. The fourth-order valence-corrected chi connectivity index (χ4v) is 2.23. The maximum absolute atomic E-state index is 10.6. The molecule has 2 rings (SSSR count). The number of carboxylic acid groups (broad SMARTS) is 1. The Morgan fingerprint density at radius 3 is 3.06 bits per heavy atom. The lowest BCUT2D eigenvalue weighted by Gasteiger charge is -2.01. The smallest absolute Gasteiger partial charge is 0.338 e. The Kier molecular flexibility index (Phi) is 4.11. The zero-order valence-corrected chi connectivity index (χ0v) is 10.7. The molecule has 1 N–H and O–H groups in total. The van der Waals surface area contributed by atoms with Crippen molar-refractivity contribution in [3.05, 3.63) is 39.7 Å². The van der Waals surface area contributed by atoms with E-state index < -0.39 is 5.97 Å². The van der Waals surface area contributed by atoms with Crippen molar-refractivity contribution in [2.75, 3.05) is 6.61 Å². The molecule has 0 spiro atoms. The highest BCUT2D eigenvalue weighted by atomic mass is 32.1. The molecule has 0 radical (unpaired) electrons. The monoisotopic (exact) mass is 267 g/mol. The second kappa shape index (κ2) is 5.79. The van der Waals surface area contributed by atoms with Crippen LogP contribution in [0.4, 0.5) is 0 Å². The standard InChI is InChI=1S/C12H13NO4S/c1-8-11(18-7-13-8)2-3-16-6-10-4-9(5-17-10)12(14)15/h4-5,7H,2-3,6H2,1H3,(H,14,15). The Morgan fingerprint density at radius 1 is 1.61 bits per heavy atom. The number of carbonyl (C=O) groups is 1. The Hall–Kier alpha value is -1.66. The highest BCUT2D eigenvalue weighted by Crippen LogP contribution is 2.13. The molecule has 0 saturated heterocycles. The largest absolute Gasteiger partial charge is 0.478 e. The van der Waals surface area contributed by atoms with Crippen LogP contribution in [0.25, 0.3) is 0 Å². The summed E-state index contributed by atoms with van der Waals surface area (Å²) in [6, 6.07) is 1.47. The van der Waals surface area contributed by atoms with Gasteiger partial charge in [-0.05, 0) is 13.0 Å².